The molecule has 0 heterocycles. The van der Waals surface area contributed by atoms with Crippen molar-refractivity contribution >= 4 is 15.7 Å². The van der Waals surface area contributed by atoms with Crippen molar-refractivity contribution < 1.29 is 18.3 Å². The number of hydrogen-bond acceptors (Lipinski definition) is 4. The quantitative estimate of drug-likeness (QED) is 0.890. The minimum Gasteiger partial charge on any atom is -0.508 e. The van der Waals surface area contributed by atoms with Gasteiger partial charge in [-0.1, -0.05) is 0 Å². The molecule has 0 saturated heterocycles. The Balaban J connectivity index is 2.15. The summed E-state index contributed by atoms with van der Waals surface area (Å²) >= 11 is 0. The van der Waals surface area contributed by atoms with E-state index in [0.29, 0.717) is 11.4 Å². The molecule has 0 aliphatic rings. The first-order valence-electron chi connectivity index (χ1n) is 6.45. The summed E-state index contributed by atoms with van der Waals surface area (Å²) in [5.74, 6) is 0.696. The Bertz CT molecular complexity index is 691. The normalized spacial score (nSPS) is 11.4. The first-order chi connectivity index (χ1) is 9.87. The van der Waals surface area contributed by atoms with E-state index in [1.807, 2.05) is 13.8 Å². The predicted molar refractivity (Wildman–Crippen MR) is 81.1 cm³/mol. The molecule has 0 bridgehead atoms. The van der Waals surface area contributed by atoms with Gasteiger partial charge in [-0.2, -0.15) is 0 Å². The number of ether oxygens (including phenoxy) is 1. The molecular formula is C15H17NO4S. The van der Waals surface area contributed by atoms with E-state index in [1.165, 1.54) is 24.3 Å². The van der Waals surface area contributed by atoms with Crippen LogP contribution in [-0.2, 0) is 10.0 Å². The molecular weight excluding hydrogens is 290 g/mol. The van der Waals surface area contributed by atoms with Crippen LogP contribution in [0.2, 0.25) is 0 Å². The number of rotatable bonds is 5. The standard InChI is InChI=1S/C15H17NO4S/c1-11(2)20-14-7-3-12(4-8-14)16-21(18,19)15-9-5-13(17)6-10-15/h3-11,16-17H,1-2H3. The molecule has 112 valence electrons. The summed E-state index contributed by atoms with van der Waals surface area (Å²) in [5, 5.41) is 9.19. The molecule has 0 amide bonds. The lowest BCUT2D eigenvalue weighted by Gasteiger charge is -2.11. The molecule has 0 saturated carbocycles. The molecule has 0 aliphatic carbocycles. The molecule has 5 nitrogen and oxygen atoms in total. The molecule has 0 unspecified atom stereocenters. The van der Waals surface area contributed by atoms with Crippen molar-refractivity contribution in [1.29, 1.82) is 0 Å². The Morgan fingerprint density at radius 2 is 1.57 bits per heavy atom. The zero-order valence-corrected chi connectivity index (χ0v) is 12.6. The Labute approximate surface area is 124 Å². The second kappa shape index (κ2) is 6.05. The van der Waals surface area contributed by atoms with Crippen molar-refractivity contribution in [3.8, 4) is 11.5 Å². The number of phenols is 1. The fourth-order valence-corrected chi connectivity index (χ4v) is 2.77. The van der Waals surface area contributed by atoms with Gasteiger partial charge in [0.05, 0.1) is 11.0 Å². The van der Waals surface area contributed by atoms with Gasteiger partial charge in [0, 0.05) is 5.69 Å². The summed E-state index contributed by atoms with van der Waals surface area (Å²) in [6.07, 6.45) is 0.0598. The van der Waals surface area contributed by atoms with Gasteiger partial charge in [-0.05, 0) is 62.4 Å². The maximum Gasteiger partial charge on any atom is 0.261 e. The minimum absolute atomic E-state index is 0.0177. The summed E-state index contributed by atoms with van der Waals surface area (Å²) in [7, 11) is -3.67. The van der Waals surface area contributed by atoms with Gasteiger partial charge in [-0.15, -0.1) is 0 Å². The van der Waals surface area contributed by atoms with E-state index in [9.17, 15) is 13.5 Å². The van der Waals surface area contributed by atoms with E-state index < -0.39 is 10.0 Å². The van der Waals surface area contributed by atoms with Crippen LogP contribution >= 0.6 is 0 Å². The summed E-state index contributed by atoms with van der Waals surface area (Å²) in [6, 6.07) is 12.0. The highest BCUT2D eigenvalue weighted by atomic mass is 32.2. The molecule has 2 aromatic rings. The molecule has 0 aromatic heterocycles. The first-order valence-corrected chi connectivity index (χ1v) is 7.94. The van der Waals surface area contributed by atoms with E-state index >= 15 is 0 Å². The molecule has 0 atom stereocenters. The topological polar surface area (TPSA) is 75.6 Å². The average molecular weight is 307 g/mol. The van der Waals surface area contributed by atoms with Crippen LogP contribution in [0, 0.1) is 0 Å². The largest absolute Gasteiger partial charge is 0.508 e. The summed E-state index contributed by atoms with van der Waals surface area (Å²) in [5.41, 5.74) is 0.444. The monoisotopic (exact) mass is 307 g/mol. The lowest BCUT2D eigenvalue weighted by molar-refractivity contribution is 0.242. The van der Waals surface area contributed by atoms with Gasteiger partial charge < -0.3 is 9.84 Å². The van der Waals surface area contributed by atoms with Gasteiger partial charge in [0.15, 0.2) is 0 Å². The average Bonchev–Trinajstić information content (AvgIpc) is 2.40. The SMILES string of the molecule is CC(C)Oc1ccc(NS(=O)(=O)c2ccc(O)cc2)cc1. The van der Waals surface area contributed by atoms with Gasteiger partial charge >= 0.3 is 0 Å². The van der Waals surface area contributed by atoms with Crippen molar-refractivity contribution in [2.24, 2.45) is 0 Å². The van der Waals surface area contributed by atoms with Gasteiger partial charge in [0.1, 0.15) is 11.5 Å². The number of aromatic hydroxyl groups is 1. The van der Waals surface area contributed by atoms with Crippen LogP contribution in [0.3, 0.4) is 0 Å². The zero-order chi connectivity index (χ0) is 15.5. The highest BCUT2D eigenvalue weighted by Crippen LogP contribution is 2.21. The van der Waals surface area contributed by atoms with Crippen molar-refractivity contribution in [1.82, 2.24) is 0 Å². The van der Waals surface area contributed by atoms with Crippen molar-refractivity contribution in [3.05, 3.63) is 48.5 Å². The maximum absolute atomic E-state index is 12.2. The second-order valence-electron chi connectivity index (χ2n) is 4.79. The van der Waals surface area contributed by atoms with Crippen LogP contribution in [0.25, 0.3) is 0 Å². The molecule has 0 fully saturated rings. The van der Waals surface area contributed by atoms with Gasteiger partial charge in [-0.3, -0.25) is 4.72 Å². The number of anilines is 1. The van der Waals surface area contributed by atoms with E-state index in [2.05, 4.69) is 4.72 Å². The van der Waals surface area contributed by atoms with E-state index in [1.54, 1.807) is 24.3 Å². The van der Waals surface area contributed by atoms with Crippen LogP contribution in [-0.4, -0.2) is 19.6 Å². The number of hydrogen-bond donors (Lipinski definition) is 2. The molecule has 0 radical (unpaired) electrons. The Hall–Kier alpha value is -2.21. The predicted octanol–water partition coefficient (Wildman–Crippen LogP) is 2.98. The van der Waals surface area contributed by atoms with Gasteiger partial charge in [-0.25, -0.2) is 8.42 Å². The van der Waals surface area contributed by atoms with Crippen molar-refractivity contribution in [2.75, 3.05) is 4.72 Å². The molecule has 0 aliphatic heterocycles. The zero-order valence-electron chi connectivity index (χ0n) is 11.8. The highest BCUT2D eigenvalue weighted by Gasteiger charge is 2.14. The summed E-state index contributed by atoms with van der Waals surface area (Å²) in [6.45, 7) is 3.84. The fraction of sp³-hybridized carbons (Fsp3) is 0.200. The lowest BCUT2D eigenvalue weighted by atomic mass is 10.3. The first kappa shape index (κ1) is 15.2. The smallest absolute Gasteiger partial charge is 0.261 e. The number of benzene rings is 2. The molecule has 2 N–H and O–H groups in total. The summed E-state index contributed by atoms with van der Waals surface area (Å²) in [4.78, 5) is 0.0859. The van der Waals surface area contributed by atoms with E-state index in [0.717, 1.165) is 0 Å². The second-order valence-corrected chi connectivity index (χ2v) is 6.47. The number of nitrogens with one attached hydrogen (secondary N) is 1. The van der Waals surface area contributed by atoms with E-state index in [-0.39, 0.29) is 16.7 Å². The van der Waals surface area contributed by atoms with Crippen molar-refractivity contribution in [2.45, 2.75) is 24.8 Å². The third-order valence-electron chi connectivity index (χ3n) is 2.63. The molecule has 21 heavy (non-hydrogen) atoms. The third-order valence-corrected chi connectivity index (χ3v) is 4.02. The highest BCUT2D eigenvalue weighted by molar-refractivity contribution is 7.92. The minimum atomic E-state index is -3.67. The van der Waals surface area contributed by atoms with Crippen LogP contribution in [0.4, 0.5) is 5.69 Å². The third kappa shape index (κ3) is 4.13. The fourth-order valence-electron chi connectivity index (χ4n) is 1.71. The lowest BCUT2D eigenvalue weighted by Crippen LogP contribution is -2.12. The Morgan fingerprint density at radius 3 is 2.10 bits per heavy atom. The van der Waals surface area contributed by atoms with E-state index in [4.69, 9.17) is 4.74 Å². The van der Waals surface area contributed by atoms with Crippen molar-refractivity contribution in [3.63, 3.8) is 0 Å². The summed E-state index contributed by atoms with van der Waals surface area (Å²) < 4.78 is 32.3. The maximum atomic E-state index is 12.2. The molecule has 2 aromatic carbocycles. The Kier molecular flexibility index (Phi) is 4.37. The van der Waals surface area contributed by atoms with Crippen LogP contribution in [0.15, 0.2) is 53.4 Å². The van der Waals surface area contributed by atoms with Crippen LogP contribution in [0.1, 0.15) is 13.8 Å². The van der Waals surface area contributed by atoms with Gasteiger partial charge in [0.2, 0.25) is 0 Å². The Morgan fingerprint density at radius 1 is 1.00 bits per heavy atom. The molecule has 6 heteroatoms. The van der Waals surface area contributed by atoms with Gasteiger partial charge in [0.25, 0.3) is 10.0 Å². The number of sulfonamides is 1. The van der Waals surface area contributed by atoms with Crippen LogP contribution < -0.4 is 9.46 Å². The molecule has 0 spiro atoms. The molecule has 2 rings (SSSR count). The number of phenolic OH excluding ortho intramolecular Hbond substituents is 1. The van der Waals surface area contributed by atoms with Crippen LogP contribution in [0.5, 0.6) is 11.5 Å².